The Bertz CT molecular complexity index is 834. The lowest BCUT2D eigenvalue weighted by Gasteiger charge is -2.11. The van der Waals surface area contributed by atoms with Crippen LogP contribution in [0.2, 0.25) is 0 Å². The number of rotatable bonds is 6. The summed E-state index contributed by atoms with van der Waals surface area (Å²) in [6, 6.07) is 4.03. The number of amides is 1. The predicted molar refractivity (Wildman–Crippen MR) is 92.7 cm³/mol. The van der Waals surface area contributed by atoms with Gasteiger partial charge in [-0.25, -0.2) is 0 Å². The maximum Gasteiger partial charge on any atom is 0.416 e. The SMILES string of the molecule is Cc1cc(C(=O)NCCNc2ccc(C(F)(F)F)cc2[N+](=O)[O-])c(C)s1. The zero-order chi connectivity index (χ0) is 19.5. The van der Waals surface area contributed by atoms with E-state index in [0.717, 1.165) is 21.9 Å². The van der Waals surface area contributed by atoms with Crippen molar-refractivity contribution < 1.29 is 22.9 Å². The molecule has 2 aromatic rings. The third kappa shape index (κ3) is 4.72. The van der Waals surface area contributed by atoms with E-state index in [1.165, 1.54) is 11.3 Å². The van der Waals surface area contributed by atoms with Gasteiger partial charge in [0.25, 0.3) is 11.6 Å². The first-order valence-corrected chi connectivity index (χ1v) is 8.36. The van der Waals surface area contributed by atoms with E-state index in [4.69, 9.17) is 0 Å². The number of carbonyl (C=O) groups is 1. The average Bonchev–Trinajstić information content (AvgIpc) is 2.88. The number of hydrogen-bond donors (Lipinski definition) is 2. The van der Waals surface area contributed by atoms with Gasteiger partial charge in [0.15, 0.2) is 0 Å². The number of thiophene rings is 1. The molecular formula is C16H16F3N3O3S. The second kappa shape index (κ2) is 7.73. The Labute approximate surface area is 151 Å². The lowest BCUT2D eigenvalue weighted by molar-refractivity contribution is -0.384. The number of hydrogen-bond acceptors (Lipinski definition) is 5. The van der Waals surface area contributed by atoms with E-state index in [2.05, 4.69) is 10.6 Å². The zero-order valence-corrected chi connectivity index (χ0v) is 14.8. The fourth-order valence-electron chi connectivity index (χ4n) is 2.33. The largest absolute Gasteiger partial charge is 0.416 e. The van der Waals surface area contributed by atoms with Gasteiger partial charge < -0.3 is 10.6 Å². The first kappa shape index (κ1) is 19.7. The van der Waals surface area contributed by atoms with E-state index in [9.17, 15) is 28.1 Å². The highest BCUT2D eigenvalue weighted by atomic mass is 32.1. The summed E-state index contributed by atoms with van der Waals surface area (Å²) in [5.74, 6) is -0.268. The van der Waals surface area contributed by atoms with Crippen LogP contribution in [0.15, 0.2) is 24.3 Å². The first-order chi connectivity index (χ1) is 12.1. The van der Waals surface area contributed by atoms with Gasteiger partial charge in [0.1, 0.15) is 5.69 Å². The van der Waals surface area contributed by atoms with Crippen LogP contribution in [-0.2, 0) is 6.18 Å². The maximum absolute atomic E-state index is 12.7. The van der Waals surface area contributed by atoms with Crippen molar-refractivity contribution in [2.24, 2.45) is 0 Å². The summed E-state index contributed by atoms with van der Waals surface area (Å²) in [5.41, 5.74) is -1.24. The topological polar surface area (TPSA) is 84.3 Å². The van der Waals surface area contributed by atoms with Crippen molar-refractivity contribution in [2.75, 3.05) is 18.4 Å². The summed E-state index contributed by atoms with van der Waals surface area (Å²) < 4.78 is 38.0. The van der Waals surface area contributed by atoms with Crippen LogP contribution in [0.25, 0.3) is 0 Å². The Kier molecular flexibility index (Phi) is 5.86. The molecule has 0 saturated carbocycles. The summed E-state index contributed by atoms with van der Waals surface area (Å²) in [6.45, 7) is 4.00. The Morgan fingerprint density at radius 1 is 1.23 bits per heavy atom. The average molecular weight is 387 g/mol. The number of benzene rings is 1. The molecule has 0 bridgehead atoms. The fraction of sp³-hybridized carbons (Fsp3) is 0.312. The van der Waals surface area contributed by atoms with Crippen LogP contribution in [-0.4, -0.2) is 23.9 Å². The van der Waals surface area contributed by atoms with Gasteiger partial charge in [-0.1, -0.05) is 0 Å². The molecule has 0 aliphatic heterocycles. The molecule has 2 rings (SSSR count). The second-order valence-electron chi connectivity index (χ2n) is 5.50. The third-order valence-corrected chi connectivity index (χ3v) is 4.50. The van der Waals surface area contributed by atoms with Gasteiger partial charge in [-0.3, -0.25) is 14.9 Å². The summed E-state index contributed by atoms with van der Waals surface area (Å²) >= 11 is 1.50. The van der Waals surface area contributed by atoms with Gasteiger partial charge in [-0.2, -0.15) is 13.2 Å². The van der Waals surface area contributed by atoms with Crippen molar-refractivity contribution in [3.05, 3.63) is 55.3 Å². The molecule has 2 N–H and O–H groups in total. The highest BCUT2D eigenvalue weighted by molar-refractivity contribution is 7.12. The summed E-state index contributed by atoms with van der Waals surface area (Å²) in [7, 11) is 0. The minimum absolute atomic E-state index is 0.0418. The van der Waals surface area contributed by atoms with Gasteiger partial charge in [0.2, 0.25) is 0 Å². The van der Waals surface area contributed by atoms with E-state index >= 15 is 0 Å². The molecule has 1 aromatic carbocycles. The smallest absolute Gasteiger partial charge is 0.378 e. The van der Waals surface area contributed by atoms with E-state index in [0.29, 0.717) is 11.6 Å². The van der Waals surface area contributed by atoms with E-state index < -0.39 is 22.4 Å². The number of anilines is 1. The number of halogens is 3. The predicted octanol–water partition coefficient (Wildman–Crippen LogP) is 4.13. The van der Waals surface area contributed by atoms with Crippen LogP contribution in [0.4, 0.5) is 24.5 Å². The molecule has 140 valence electrons. The lowest BCUT2D eigenvalue weighted by atomic mass is 10.1. The molecule has 6 nitrogen and oxygen atoms in total. The molecule has 0 unspecified atom stereocenters. The minimum atomic E-state index is -4.66. The number of carbonyl (C=O) groups excluding carboxylic acids is 1. The van der Waals surface area contributed by atoms with Crippen LogP contribution >= 0.6 is 11.3 Å². The Morgan fingerprint density at radius 3 is 2.46 bits per heavy atom. The van der Waals surface area contributed by atoms with Crippen LogP contribution in [0.1, 0.15) is 25.7 Å². The highest BCUT2D eigenvalue weighted by Crippen LogP contribution is 2.34. The third-order valence-electron chi connectivity index (χ3n) is 3.53. The molecule has 0 saturated heterocycles. The van der Waals surface area contributed by atoms with Gasteiger partial charge in [0, 0.05) is 28.9 Å². The second-order valence-corrected chi connectivity index (χ2v) is 6.96. The molecule has 1 heterocycles. The normalized spacial score (nSPS) is 11.3. The van der Waals surface area contributed by atoms with Crippen molar-refractivity contribution in [1.29, 1.82) is 0 Å². The van der Waals surface area contributed by atoms with Crippen molar-refractivity contribution in [3.8, 4) is 0 Å². The van der Waals surface area contributed by atoms with Crippen LogP contribution in [0, 0.1) is 24.0 Å². The molecule has 0 atom stereocenters. The van der Waals surface area contributed by atoms with E-state index in [1.54, 1.807) is 6.07 Å². The molecule has 0 radical (unpaired) electrons. The molecular weight excluding hydrogens is 371 g/mol. The molecule has 0 aliphatic carbocycles. The van der Waals surface area contributed by atoms with Crippen molar-refractivity contribution in [3.63, 3.8) is 0 Å². The van der Waals surface area contributed by atoms with Gasteiger partial charge in [-0.15, -0.1) is 11.3 Å². The molecule has 1 amide bonds. The number of nitro benzene ring substituents is 1. The summed E-state index contributed by atoms with van der Waals surface area (Å²) in [4.78, 5) is 24.1. The molecule has 1 aromatic heterocycles. The minimum Gasteiger partial charge on any atom is -0.378 e. The Morgan fingerprint density at radius 2 is 1.92 bits per heavy atom. The van der Waals surface area contributed by atoms with Crippen LogP contribution in [0.5, 0.6) is 0 Å². The molecule has 0 fully saturated rings. The number of aryl methyl sites for hydroxylation is 2. The zero-order valence-electron chi connectivity index (χ0n) is 13.9. The monoisotopic (exact) mass is 387 g/mol. The van der Waals surface area contributed by atoms with Gasteiger partial charge >= 0.3 is 6.18 Å². The van der Waals surface area contributed by atoms with Crippen molar-refractivity contribution in [2.45, 2.75) is 20.0 Å². The number of alkyl halides is 3. The Hall–Kier alpha value is -2.62. The van der Waals surface area contributed by atoms with Crippen LogP contribution in [0.3, 0.4) is 0 Å². The summed E-state index contributed by atoms with van der Waals surface area (Å²) in [6.07, 6.45) is -4.66. The van der Waals surface area contributed by atoms with Crippen LogP contribution < -0.4 is 10.6 Å². The summed E-state index contributed by atoms with van der Waals surface area (Å²) in [5, 5.41) is 16.3. The quantitative estimate of drug-likeness (QED) is 0.443. The maximum atomic E-state index is 12.7. The lowest BCUT2D eigenvalue weighted by Crippen LogP contribution is -2.29. The van der Waals surface area contributed by atoms with Crippen molar-refractivity contribution in [1.82, 2.24) is 5.32 Å². The van der Waals surface area contributed by atoms with Gasteiger partial charge in [-0.05, 0) is 32.0 Å². The van der Waals surface area contributed by atoms with Gasteiger partial charge in [0.05, 0.1) is 16.1 Å². The number of nitrogens with zero attached hydrogens (tertiary/aromatic N) is 1. The first-order valence-electron chi connectivity index (χ1n) is 7.54. The highest BCUT2D eigenvalue weighted by Gasteiger charge is 2.33. The fourth-order valence-corrected chi connectivity index (χ4v) is 3.25. The standard InChI is InChI=1S/C16H16F3N3O3S/c1-9-7-12(10(2)26-9)15(23)21-6-5-20-13-4-3-11(16(17,18)19)8-14(13)22(24)25/h3-4,7-8,20H,5-6H2,1-2H3,(H,21,23). The molecule has 26 heavy (non-hydrogen) atoms. The molecule has 0 aliphatic rings. The van der Waals surface area contributed by atoms with E-state index in [1.807, 2.05) is 13.8 Å². The number of nitro groups is 1. The molecule has 0 spiro atoms. The number of nitrogens with one attached hydrogen (secondary N) is 2. The van der Waals surface area contributed by atoms with E-state index in [-0.39, 0.29) is 24.7 Å². The Balaban J connectivity index is 1.98. The molecule has 10 heteroatoms. The van der Waals surface area contributed by atoms with Crippen molar-refractivity contribution >= 4 is 28.6 Å².